The fourth-order valence-electron chi connectivity index (χ4n) is 1.35. The summed E-state index contributed by atoms with van der Waals surface area (Å²) in [6, 6.07) is 5.22. The van der Waals surface area contributed by atoms with Gasteiger partial charge in [-0.25, -0.2) is 4.18 Å². The van der Waals surface area contributed by atoms with Gasteiger partial charge in [0.2, 0.25) is 5.60 Å². The molecule has 8 heteroatoms. The topological polar surface area (TPSA) is 43.4 Å². The molecule has 0 aliphatic rings. The Morgan fingerprint density at radius 1 is 1.28 bits per heavy atom. The molecule has 1 aromatic rings. The average molecular weight is 347 g/mol. The average Bonchev–Trinajstić information content (AvgIpc) is 2.13. The maximum absolute atomic E-state index is 13.0. The van der Waals surface area contributed by atoms with Crippen molar-refractivity contribution in [3.63, 3.8) is 0 Å². The largest absolute Gasteiger partial charge is 0.422 e. The van der Waals surface area contributed by atoms with Crippen LogP contribution in [-0.4, -0.2) is 20.8 Å². The van der Waals surface area contributed by atoms with Gasteiger partial charge in [-0.15, -0.1) is 0 Å². The number of hydrogen-bond acceptors (Lipinski definition) is 3. The van der Waals surface area contributed by atoms with Crippen LogP contribution in [0.5, 0.6) is 0 Å². The van der Waals surface area contributed by atoms with Crippen LogP contribution in [0.4, 0.5) is 13.2 Å². The molecule has 18 heavy (non-hydrogen) atoms. The Hall–Kier alpha value is -0.600. The Morgan fingerprint density at radius 3 is 2.22 bits per heavy atom. The minimum atomic E-state index is -4.86. The van der Waals surface area contributed by atoms with Crippen LogP contribution in [-0.2, 0) is 19.9 Å². The molecule has 0 radical (unpaired) electrons. The molecule has 0 saturated heterocycles. The molecule has 0 aliphatic heterocycles. The maximum atomic E-state index is 13.0. The minimum absolute atomic E-state index is 0.296. The van der Waals surface area contributed by atoms with Crippen LogP contribution in [0, 0.1) is 0 Å². The van der Waals surface area contributed by atoms with E-state index in [0.29, 0.717) is 17.7 Å². The minimum Gasteiger partial charge on any atom is -0.249 e. The first kappa shape index (κ1) is 15.5. The molecule has 0 fully saturated rings. The molecule has 1 unspecified atom stereocenters. The van der Waals surface area contributed by atoms with E-state index in [1.54, 1.807) is 0 Å². The van der Waals surface area contributed by atoms with Crippen molar-refractivity contribution in [2.45, 2.75) is 18.7 Å². The van der Waals surface area contributed by atoms with Crippen LogP contribution in [0.1, 0.15) is 12.5 Å². The second kappa shape index (κ2) is 4.82. The van der Waals surface area contributed by atoms with Crippen LogP contribution in [0.3, 0.4) is 0 Å². The molecule has 1 rings (SSSR count). The van der Waals surface area contributed by atoms with Gasteiger partial charge >= 0.3 is 6.18 Å². The second-order valence-corrected chi connectivity index (χ2v) is 6.32. The lowest BCUT2D eigenvalue weighted by molar-refractivity contribution is -0.246. The molecule has 0 saturated carbocycles. The highest BCUT2D eigenvalue weighted by Gasteiger charge is 2.56. The quantitative estimate of drug-likeness (QED) is 0.789. The standard InChI is InChI=1S/C10H10BrF3O3S/c1-9(10(12,13)14,17-18(2,15)16)7-4-3-5-8(11)6-7/h3-6H,1-2H3. The van der Waals surface area contributed by atoms with E-state index in [0.717, 1.165) is 6.07 Å². The summed E-state index contributed by atoms with van der Waals surface area (Å²) in [6.07, 6.45) is -4.29. The van der Waals surface area contributed by atoms with Gasteiger partial charge in [-0.1, -0.05) is 28.1 Å². The Balaban J connectivity index is 3.39. The third-order valence-corrected chi connectivity index (χ3v) is 3.36. The van der Waals surface area contributed by atoms with Crippen molar-refractivity contribution in [1.82, 2.24) is 0 Å². The lowest BCUT2D eigenvalue weighted by Crippen LogP contribution is -2.43. The van der Waals surface area contributed by atoms with Crippen LogP contribution in [0.25, 0.3) is 0 Å². The Labute approximate surface area is 111 Å². The van der Waals surface area contributed by atoms with E-state index in [2.05, 4.69) is 20.1 Å². The van der Waals surface area contributed by atoms with E-state index in [9.17, 15) is 21.6 Å². The predicted octanol–water partition coefficient (Wildman–Crippen LogP) is 3.20. The van der Waals surface area contributed by atoms with Gasteiger partial charge in [0.1, 0.15) is 0 Å². The van der Waals surface area contributed by atoms with E-state index in [1.165, 1.54) is 18.2 Å². The smallest absolute Gasteiger partial charge is 0.249 e. The van der Waals surface area contributed by atoms with Gasteiger partial charge in [0.25, 0.3) is 10.1 Å². The van der Waals surface area contributed by atoms with Crippen molar-refractivity contribution >= 4 is 26.0 Å². The second-order valence-electron chi connectivity index (χ2n) is 3.83. The highest BCUT2D eigenvalue weighted by Crippen LogP contribution is 2.43. The monoisotopic (exact) mass is 346 g/mol. The molecule has 0 aromatic heterocycles. The first-order chi connectivity index (χ1) is 7.96. The molecule has 1 aromatic carbocycles. The number of rotatable bonds is 3. The molecule has 0 spiro atoms. The van der Waals surface area contributed by atoms with Crippen molar-refractivity contribution in [3.8, 4) is 0 Å². The van der Waals surface area contributed by atoms with Crippen molar-refractivity contribution < 1.29 is 25.8 Å². The zero-order valence-electron chi connectivity index (χ0n) is 9.45. The molecule has 3 nitrogen and oxygen atoms in total. The van der Waals surface area contributed by atoms with Crippen LogP contribution < -0.4 is 0 Å². The fourth-order valence-corrected chi connectivity index (χ4v) is 2.54. The summed E-state index contributed by atoms with van der Waals surface area (Å²) >= 11 is 3.03. The van der Waals surface area contributed by atoms with Crippen molar-refractivity contribution in [2.75, 3.05) is 6.26 Å². The SMILES string of the molecule is CC(OS(C)(=O)=O)(c1cccc(Br)c1)C(F)(F)F. The van der Waals surface area contributed by atoms with Crippen molar-refractivity contribution in [1.29, 1.82) is 0 Å². The van der Waals surface area contributed by atoms with E-state index in [1.807, 2.05) is 0 Å². The Morgan fingerprint density at radius 2 is 1.83 bits per heavy atom. The summed E-state index contributed by atoms with van der Waals surface area (Å²) in [6.45, 7) is 0.676. The van der Waals surface area contributed by atoms with Gasteiger partial charge in [0.15, 0.2) is 0 Å². The van der Waals surface area contributed by atoms with E-state index >= 15 is 0 Å². The van der Waals surface area contributed by atoms with Crippen molar-refractivity contribution in [2.24, 2.45) is 0 Å². The number of halogens is 4. The molecule has 0 N–H and O–H groups in total. The first-order valence-corrected chi connectivity index (χ1v) is 7.30. The van der Waals surface area contributed by atoms with Gasteiger partial charge in [-0.2, -0.15) is 21.6 Å². The molecule has 1 atom stereocenters. The van der Waals surface area contributed by atoms with Gasteiger partial charge in [-0.3, -0.25) is 0 Å². The summed E-state index contributed by atoms with van der Waals surface area (Å²) in [4.78, 5) is 0. The highest BCUT2D eigenvalue weighted by atomic mass is 79.9. The van der Waals surface area contributed by atoms with Gasteiger partial charge in [0, 0.05) is 4.47 Å². The lowest BCUT2D eigenvalue weighted by atomic mass is 9.96. The molecule has 0 aliphatic carbocycles. The van der Waals surface area contributed by atoms with Crippen molar-refractivity contribution in [3.05, 3.63) is 34.3 Å². The molecular weight excluding hydrogens is 337 g/mol. The molecule has 0 heterocycles. The lowest BCUT2D eigenvalue weighted by Gasteiger charge is -2.31. The zero-order chi connectivity index (χ0) is 14.2. The number of alkyl halides is 3. The Bertz CT molecular complexity index is 542. The zero-order valence-corrected chi connectivity index (χ0v) is 11.9. The van der Waals surface area contributed by atoms with Crippen LogP contribution >= 0.6 is 15.9 Å². The van der Waals surface area contributed by atoms with E-state index in [4.69, 9.17) is 0 Å². The van der Waals surface area contributed by atoms with E-state index < -0.39 is 21.9 Å². The van der Waals surface area contributed by atoms with Crippen LogP contribution in [0.15, 0.2) is 28.7 Å². The van der Waals surface area contributed by atoms with E-state index in [-0.39, 0.29) is 5.56 Å². The third-order valence-electron chi connectivity index (χ3n) is 2.23. The Kier molecular flexibility index (Phi) is 4.14. The summed E-state index contributed by atoms with van der Waals surface area (Å²) < 4.78 is 65.8. The maximum Gasteiger partial charge on any atom is 0.422 e. The van der Waals surface area contributed by atoms with Gasteiger partial charge in [0.05, 0.1) is 6.26 Å². The van der Waals surface area contributed by atoms with Gasteiger partial charge in [-0.05, 0) is 24.6 Å². The predicted molar refractivity (Wildman–Crippen MR) is 63.5 cm³/mol. The summed E-state index contributed by atoms with van der Waals surface area (Å²) in [7, 11) is -4.26. The molecule has 0 amide bonds. The number of hydrogen-bond donors (Lipinski definition) is 0. The molecule has 0 bridgehead atoms. The van der Waals surface area contributed by atoms with Gasteiger partial charge < -0.3 is 0 Å². The molecular formula is C10H10BrF3O3S. The summed E-state index contributed by atoms with van der Waals surface area (Å²) in [5.41, 5.74) is -3.21. The normalized spacial score (nSPS) is 16.3. The summed E-state index contributed by atoms with van der Waals surface area (Å²) in [5.74, 6) is 0. The third kappa shape index (κ3) is 3.46. The number of benzene rings is 1. The highest BCUT2D eigenvalue weighted by molar-refractivity contribution is 9.10. The molecule has 102 valence electrons. The fraction of sp³-hybridized carbons (Fsp3) is 0.400. The van der Waals surface area contributed by atoms with Crippen LogP contribution in [0.2, 0.25) is 0 Å². The first-order valence-electron chi connectivity index (χ1n) is 4.69. The summed E-state index contributed by atoms with van der Waals surface area (Å²) in [5, 5.41) is 0.